The number of benzene rings is 1. The second-order valence-corrected chi connectivity index (χ2v) is 6.62. The maximum Gasteiger partial charge on any atom is 0.308 e. The van der Waals surface area contributed by atoms with E-state index in [9.17, 15) is 14.7 Å². The quantitative estimate of drug-likeness (QED) is 0.927. The smallest absolute Gasteiger partial charge is 0.308 e. The minimum absolute atomic E-state index is 0.0596. The van der Waals surface area contributed by atoms with Gasteiger partial charge in [0.25, 0.3) is 5.91 Å². The summed E-state index contributed by atoms with van der Waals surface area (Å²) in [6.45, 7) is 0.738. The molecule has 0 spiro atoms. The van der Waals surface area contributed by atoms with Gasteiger partial charge in [-0.05, 0) is 42.9 Å². The van der Waals surface area contributed by atoms with E-state index in [0.29, 0.717) is 28.1 Å². The molecule has 112 valence electrons. The fourth-order valence-electron chi connectivity index (χ4n) is 3.09. The number of aliphatic carboxylic acids is 1. The third-order valence-corrected chi connectivity index (χ3v) is 4.92. The highest BCUT2D eigenvalue weighted by molar-refractivity contribution is 6.35. The molecule has 1 amide bonds. The minimum atomic E-state index is -0.820. The molecule has 2 aliphatic rings. The van der Waals surface area contributed by atoms with Crippen LogP contribution in [0.25, 0.3) is 0 Å². The topological polar surface area (TPSA) is 57.6 Å². The Bertz CT molecular complexity index is 601. The van der Waals surface area contributed by atoms with E-state index in [0.717, 1.165) is 12.8 Å². The third kappa shape index (κ3) is 2.87. The highest BCUT2D eigenvalue weighted by atomic mass is 35.5. The van der Waals surface area contributed by atoms with Crippen LogP contribution in [-0.4, -0.2) is 35.0 Å². The molecule has 1 heterocycles. The van der Waals surface area contributed by atoms with Gasteiger partial charge in [-0.25, -0.2) is 0 Å². The number of carboxylic acids is 1. The van der Waals surface area contributed by atoms with Crippen LogP contribution in [0.15, 0.2) is 18.2 Å². The lowest BCUT2D eigenvalue weighted by molar-refractivity contribution is -0.142. The Morgan fingerprint density at radius 2 is 1.90 bits per heavy atom. The summed E-state index contributed by atoms with van der Waals surface area (Å²) in [6, 6.07) is 4.74. The van der Waals surface area contributed by atoms with E-state index in [-0.39, 0.29) is 18.4 Å². The molecular weight excluding hydrogens is 313 g/mol. The van der Waals surface area contributed by atoms with Crippen LogP contribution in [0.2, 0.25) is 10.0 Å². The van der Waals surface area contributed by atoms with E-state index in [1.54, 1.807) is 17.0 Å². The number of hydrogen-bond donors (Lipinski definition) is 1. The van der Waals surface area contributed by atoms with E-state index in [4.69, 9.17) is 23.2 Å². The Kier molecular flexibility index (Phi) is 3.84. The second kappa shape index (κ2) is 5.50. The van der Waals surface area contributed by atoms with Gasteiger partial charge >= 0.3 is 5.97 Å². The van der Waals surface area contributed by atoms with Crippen molar-refractivity contribution in [3.63, 3.8) is 0 Å². The Hall–Kier alpha value is -1.26. The van der Waals surface area contributed by atoms with Gasteiger partial charge in [0, 0.05) is 18.1 Å². The van der Waals surface area contributed by atoms with Crippen LogP contribution < -0.4 is 0 Å². The molecule has 1 aromatic rings. The zero-order valence-electron chi connectivity index (χ0n) is 11.3. The van der Waals surface area contributed by atoms with Crippen molar-refractivity contribution >= 4 is 35.1 Å². The van der Waals surface area contributed by atoms with Crippen LogP contribution in [-0.2, 0) is 4.79 Å². The molecule has 4 nitrogen and oxygen atoms in total. The zero-order valence-corrected chi connectivity index (χ0v) is 12.8. The summed E-state index contributed by atoms with van der Waals surface area (Å²) >= 11 is 12.0. The lowest BCUT2D eigenvalue weighted by Crippen LogP contribution is -2.30. The number of carboxylic acid groups (broad SMARTS) is 1. The molecule has 2 fully saturated rings. The van der Waals surface area contributed by atoms with Crippen molar-refractivity contribution in [2.75, 3.05) is 13.1 Å². The molecular formula is C15H15Cl2NO3. The second-order valence-electron chi connectivity index (χ2n) is 5.78. The first-order valence-corrected chi connectivity index (χ1v) is 7.70. The van der Waals surface area contributed by atoms with Crippen molar-refractivity contribution in [1.82, 2.24) is 4.90 Å². The monoisotopic (exact) mass is 327 g/mol. The van der Waals surface area contributed by atoms with Gasteiger partial charge in [0.05, 0.1) is 16.5 Å². The predicted octanol–water partition coefficient (Wildman–Crippen LogP) is 3.18. The predicted molar refractivity (Wildman–Crippen MR) is 79.7 cm³/mol. The number of amides is 1. The van der Waals surface area contributed by atoms with E-state index in [1.165, 1.54) is 6.07 Å². The van der Waals surface area contributed by atoms with Gasteiger partial charge in [0.1, 0.15) is 0 Å². The highest BCUT2D eigenvalue weighted by Gasteiger charge is 2.47. The largest absolute Gasteiger partial charge is 0.481 e. The first kappa shape index (κ1) is 14.7. The van der Waals surface area contributed by atoms with Crippen molar-refractivity contribution in [3.8, 4) is 0 Å². The van der Waals surface area contributed by atoms with Gasteiger partial charge in [-0.3, -0.25) is 9.59 Å². The summed E-state index contributed by atoms with van der Waals surface area (Å²) in [5.41, 5.74) is 0.338. The number of halogens is 2. The molecule has 1 aromatic carbocycles. The van der Waals surface area contributed by atoms with Crippen molar-refractivity contribution < 1.29 is 14.7 Å². The number of hydrogen-bond acceptors (Lipinski definition) is 2. The minimum Gasteiger partial charge on any atom is -0.481 e. The van der Waals surface area contributed by atoms with Gasteiger partial charge < -0.3 is 10.0 Å². The summed E-state index contributed by atoms with van der Waals surface area (Å²) in [6.07, 6.45) is 2.13. The zero-order chi connectivity index (χ0) is 15.1. The average Bonchev–Trinajstić information content (AvgIpc) is 3.19. The molecule has 6 heteroatoms. The summed E-state index contributed by atoms with van der Waals surface area (Å²) in [5.74, 6) is -1.03. The number of carbonyl (C=O) groups excluding carboxylic acids is 1. The molecule has 1 saturated heterocycles. The first-order chi connectivity index (χ1) is 9.97. The van der Waals surface area contributed by atoms with Crippen LogP contribution >= 0.6 is 23.2 Å². The van der Waals surface area contributed by atoms with Crippen molar-refractivity contribution in [2.24, 2.45) is 17.8 Å². The third-order valence-electron chi connectivity index (χ3n) is 4.36. The fourth-order valence-corrected chi connectivity index (χ4v) is 3.46. The Morgan fingerprint density at radius 1 is 1.19 bits per heavy atom. The maximum atomic E-state index is 12.6. The van der Waals surface area contributed by atoms with Crippen molar-refractivity contribution in [2.45, 2.75) is 12.8 Å². The molecule has 3 rings (SSSR count). The normalized spacial score (nSPS) is 25.1. The Balaban J connectivity index is 1.82. The number of likely N-dealkylation sites (tertiary alicyclic amines) is 1. The standard InChI is InChI=1S/C15H15Cl2NO3/c16-9-3-4-13(17)10(5-9)14(19)18-6-11(8-1-2-8)12(7-18)15(20)21/h3-5,8,11-12H,1-2,6-7H2,(H,20,21)/t11-,12+/m1/s1. The van der Waals surface area contributed by atoms with Gasteiger partial charge in [0.2, 0.25) is 0 Å². The molecule has 2 atom stereocenters. The van der Waals surface area contributed by atoms with Crippen molar-refractivity contribution in [1.29, 1.82) is 0 Å². The molecule has 1 N–H and O–H groups in total. The highest BCUT2D eigenvalue weighted by Crippen LogP contribution is 2.44. The number of rotatable bonds is 3. The van der Waals surface area contributed by atoms with Gasteiger partial charge in [-0.15, -0.1) is 0 Å². The Morgan fingerprint density at radius 3 is 2.52 bits per heavy atom. The molecule has 0 aromatic heterocycles. The van der Waals surface area contributed by atoms with E-state index in [2.05, 4.69) is 0 Å². The number of carbonyl (C=O) groups is 2. The van der Waals surface area contributed by atoms with Gasteiger partial charge in [-0.1, -0.05) is 23.2 Å². The van der Waals surface area contributed by atoms with Gasteiger partial charge in [-0.2, -0.15) is 0 Å². The summed E-state index contributed by atoms with van der Waals surface area (Å²) in [5, 5.41) is 10.1. The van der Waals surface area contributed by atoms with E-state index < -0.39 is 11.9 Å². The summed E-state index contributed by atoms with van der Waals surface area (Å²) in [4.78, 5) is 25.5. The van der Waals surface area contributed by atoms with E-state index >= 15 is 0 Å². The van der Waals surface area contributed by atoms with E-state index in [1.807, 2.05) is 0 Å². The van der Waals surface area contributed by atoms with Crippen LogP contribution in [0.3, 0.4) is 0 Å². The first-order valence-electron chi connectivity index (χ1n) is 6.94. The molecule has 1 aliphatic carbocycles. The van der Waals surface area contributed by atoms with Crippen molar-refractivity contribution in [3.05, 3.63) is 33.8 Å². The SMILES string of the molecule is O=C(O)[C@H]1CN(C(=O)c2cc(Cl)ccc2Cl)C[C@@H]1C1CC1. The van der Waals surface area contributed by atoms with Crippen LogP contribution in [0.1, 0.15) is 23.2 Å². The van der Waals surface area contributed by atoms with Crippen LogP contribution in [0, 0.1) is 17.8 Å². The molecule has 1 aliphatic heterocycles. The molecule has 0 unspecified atom stereocenters. The molecule has 0 radical (unpaired) electrons. The maximum absolute atomic E-state index is 12.6. The summed E-state index contributed by atoms with van der Waals surface area (Å²) < 4.78 is 0. The summed E-state index contributed by atoms with van der Waals surface area (Å²) in [7, 11) is 0. The van der Waals surface area contributed by atoms with Crippen LogP contribution in [0.4, 0.5) is 0 Å². The molecule has 0 bridgehead atoms. The lowest BCUT2D eigenvalue weighted by atomic mass is 9.92. The molecule has 21 heavy (non-hydrogen) atoms. The number of nitrogens with zero attached hydrogens (tertiary/aromatic N) is 1. The Labute approximate surface area is 132 Å². The fraction of sp³-hybridized carbons (Fsp3) is 0.467. The lowest BCUT2D eigenvalue weighted by Gasteiger charge is -2.17. The van der Waals surface area contributed by atoms with Crippen LogP contribution in [0.5, 0.6) is 0 Å². The molecule has 1 saturated carbocycles. The average molecular weight is 328 g/mol. The van der Waals surface area contributed by atoms with Gasteiger partial charge in [0.15, 0.2) is 0 Å².